The molecule has 0 aliphatic rings. The second-order valence-corrected chi connectivity index (χ2v) is 8.29. The molecule has 1 amide bonds. The Bertz CT molecular complexity index is 1200. The zero-order chi connectivity index (χ0) is 22.1. The number of carbonyl (C=O) groups is 2. The van der Waals surface area contributed by atoms with E-state index in [1.165, 1.54) is 0 Å². The highest BCUT2D eigenvalue weighted by Gasteiger charge is 2.19. The number of amides is 1. The molecule has 0 unspecified atom stereocenters. The van der Waals surface area contributed by atoms with E-state index in [-0.39, 0.29) is 0 Å². The second-order valence-electron chi connectivity index (χ2n) is 5.44. The molecule has 2 aromatic rings. The van der Waals surface area contributed by atoms with Crippen LogP contribution in [0.2, 0.25) is 0 Å². The molecular weight excluding hydrogens is 436 g/mol. The summed E-state index contributed by atoms with van der Waals surface area (Å²) in [7, 11) is -9.71. The van der Waals surface area contributed by atoms with Gasteiger partial charge < -0.3 is 15.2 Å². The fraction of sp³-hybridized carbons (Fsp3) is 0. The molecular formula is C14H11N2O11S2-. The molecule has 0 saturated carbocycles. The molecule has 0 bridgehead atoms. The maximum Gasteiger partial charge on any atom is 0.294 e. The van der Waals surface area contributed by atoms with Gasteiger partial charge >= 0.3 is 0 Å². The van der Waals surface area contributed by atoms with Crippen LogP contribution in [0, 0.1) is 0 Å². The van der Waals surface area contributed by atoms with Gasteiger partial charge in [0.15, 0.2) is 0 Å². The lowest BCUT2D eigenvalue weighted by Crippen LogP contribution is -2.23. The quantitative estimate of drug-likeness (QED) is 0.276. The Morgan fingerprint density at radius 3 is 1.83 bits per heavy atom. The molecule has 29 heavy (non-hydrogen) atoms. The fourth-order valence-corrected chi connectivity index (χ4v) is 3.22. The second kappa shape index (κ2) is 7.74. The highest BCUT2D eigenvalue weighted by molar-refractivity contribution is 7.86. The Balaban J connectivity index is 2.54. The first-order valence-corrected chi connectivity index (χ1v) is 10.0. The molecule has 0 radical (unpaired) electrons. The summed E-state index contributed by atoms with van der Waals surface area (Å²) in [5.41, 5.74) is -2.32. The van der Waals surface area contributed by atoms with Gasteiger partial charge in [0.05, 0.1) is 21.4 Å². The van der Waals surface area contributed by atoms with Crippen LogP contribution in [-0.2, 0) is 20.2 Å². The zero-order valence-corrected chi connectivity index (χ0v) is 15.5. The van der Waals surface area contributed by atoms with Crippen LogP contribution in [0.1, 0.15) is 20.7 Å². The van der Waals surface area contributed by atoms with Crippen LogP contribution in [0.5, 0.6) is 0 Å². The minimum atomic E-state index is -4.86. The number of benzene rings is 2. The highest BCUT2D eigenvalue weighted by atomic mass is 32.2. The molecule has 0 atom stereocenters. The summed E-state index contributed by atoms with van der Waals surface area (Å²) < 4.78 is 63.3. The third kappa shape index (κ3) is 5.47. The van der Waals surface area contributed by atoms with Gasteiger partial charge in [-0.15, -0.1) is 5.23 Å². The predicted octanol–water partition coefficient (Wildman–Crippen LogP) is -0.619. The van der Waals surface area contributed by atoms with Gasteiger partial charge in [-0.2, -0.15) is 16.8 Å². The number of carbonyl (C=O) groups excluding carboxylic acids is 2. The number of nitrogens with one attached hydrogen (secondary N) is 1. The zero-order valence-electron chi connectivity index (χ0n) is 13.9. The Hall–Kier alpha value is -3.08. The number of anilines is 2. The normalized spacial score (nSPS) is 11.7. The Morgan fingerprint density at radius 1 is 0.828 bits per heavy atom. The van der Waals surface area contributed by atoms with Gasteiger partial charge in [-0.05, 0) is 36.4 Å². The van der Waals surface area contributed by atoms with Crippen LogP contribution in [0.15, 0.2) is 46.2 Å². The molecule has 5 N–H and O–H groups in total. The van der Waals surface area contributed by atoms with Crippen molar-refractivity contribution < 1.29 is 51.1 Å². The van der Waals surface area contributed by atoms with Gasteiger partial charge in [-0.3, -0.25) is 24.3 Å². The molecule has 0 aliphatic heterocycles. The average molecular weight is 447 g/mol. The van der Waals surface area contributed by atoms with Crippen molar-refractivity contribution in [2.75, 3.05) is 10.5 Å². The van der Waals surface area contributed by atoms with Crippen molar-refractivity contribution in [2.45, 2.75) is 9.79 Å². The molecule has 0 saturated heterocycles. The van der Waals surface area contributed by atoms with Gasteiger partial charge in [0.1, 0.15) is 0 Å². The first-order valence-electron chi connectivity index (χ1n) is 7.14. The third-order valence-electron chi connectivity index (χ3n) is 3.38. The van der Waals surface area contributed by atoms with Crippen LogP contribution in [0.25, 0.3) is 0 Å². The standard InChI is InChI=1S/C14H12N2O11S2/c17-13(7-2-10(16(20)21)6-12(3-7)29(25,26)27)15-9-1-8(14(18)19)4-11(5-9)28(22,23)24/h1-6,20-21H,(H,15,17)(H,18,19)(H,22,23,24)(H,25,26,27)/p-1. The molecule has 0 aromatic heterocycles. The molecule has 0 fully saturated rings. The molecule has 13 nitrogen and oxygen atoms in total. The smallest absolute Gasteiger partial charge is 0.294 e. The summed E-state index contributed by atoms with van der Waals surface area (Å²) in [6.07, 6.45) is 0. The van der Waals surface area contributed by atoms with E-state index in [0.717, 1.165) is 12.1 Å². The summed E-state index contributed by atoms with van der Waals surface area (Å²) in [5.74, 6) is -2.98. The molecule has 0 aliphatic carbocycles. The van der Waals surface area contributed by atoms with Crippen molar-refractivity contribution in [1.29, 1.82) is 0 Å². The first-order chi connectivity index (χ1) is 13.2. The minimum Gasteiger partial charge on any atom is -0.545 e. The Kier molecular flexibility index (Phi) is 5.93. The summed E-state index contributed by atoms with van der Waals surface area (Å²) >= 11 is 0. The van der Waals surface area contributed by atoms with Crippen LogP contribution < -0.4 is 15.6 Å². The molecule has 15 heteroatoms. The van der Waals surface area contributed by atoms with Crippen LogP contribution >= 0.6 is 0 Å². The maximum absolute atomic E-state index is 12.4. The number of hydrogen-bond donors (Lipinski definition) is 5. The maximum atomic E-state index is 12.4. The monoisotopic (exact) mass is 447 g/mol. The molecule has 0 spiro atoms. The van der Waals surface area contributed by atoms with E-state index in [0.29, 0.717) is 24.3 Å². The highest BCUT2D eigenvalue weighted by Crippen LogP contribution is 2.23. The lowest BCUT2D eigenvalue weighted by atomic mass is 10.1. The van der Waals surface area contributed by atoms with Gasteiger partial charge in [0, 0.05) is 16.8 Å². The van der Waals surface area contributed by atoms with E-state index < -0.39 is 69.6 Å². The summed E-state index contributed by atoms with van der Waals surface area (Å²) in [6.45, 7) is 0. The number of aromatic carboxylic acids is 1. The van der Waals surface area contributed by atoms with Gasteiger partial charge in [0.25, 0.3) is 26.1 Å². The molecule has 2 aromatic carbocycles. The Labute approximate surface area is 162 Å². The van der Waals surface area contributed by atoms with E-state index in [9.17, 15) is 31.5 Å². The fourth-order valence-electron chi connectivity index (χ4n) is 2.12. The van der Waals surface area contributed by atoms with E-state index in [4.69, 9.17) is 19.5 Å². The van der Waals surface area contributed by atoms with E-state index in [1.54, 1.807) is 0 Å². The van der Waals surface area contributed by atoms with Gasteiger partial charge in [-0.1, -0.05) is 0 Å². The summed E-state index contributed by atoms with van der Waals surface area (Å²) in [5, 5.41) is 30.6. The third-order valence-corrected chi connectivity index (χ3v) is 5.04. The predicted molar refractivity (Wildman–Crippen MR) is 90.8 cm³/mol. The lowest BCUT2D eigenvalue weighted by molar-refractivity contribution is -0.255. The number of carboxylic acids is 1. The SMILES string of the molecule is O=C([O-])c1cc(NC(=O)c2cc(N(O)O)cc(S(=O)(=O)O)c2)cc(S(=O)(=O)O)c1. The van der Waals surface area contributed by atoms with Crippen LogP contribution in [0.4, 0.5) is 11.4 Å². The number of rotatable bonds is 6. The molecule has 2 rings (SSSR count). The summed E-state index contributed by atoms with van der Waals surface area (Å²) in [4.78, 5) is 21.6. The largest absolute Gasteiger partial charge is 0.545 e. The van der Waals surface area contributed by atoms with Crippen molar-refractivity contribution in [3.8, 4) is 0 Å². The van der Waals surface area contributed by atoms with Gasteiger partial charge in [-0.25, -0.2) is 0 Å². The van der Waals surface area contributed by atoms with Gasteiger partial charge in [0.2, 0.25) is 0 Å². The van der Waals surface area contributed by atoms with Crippen LogP contribution in [-0.4, -0.2) is 48.2 Å². The van der Waals surface area contributed by atoms with Crippen molar-refractivity contribution in [1.82, 2.24) is 0 Å². The topological polar surface area (TPSA) is 222 Å². The lowest BCUT2D eigenvalue weighted by Gasteiger charge is -2.13. The number of carboxylic acid groups (broad SMARTS) is 1. The Morgan fingerprint density at radius 2 is 1.34 bits per heavy atom. The summed E-state index contributed by atoms with van der Waals surface area (Å²) in [6, 6.07) is 4.14. The first kappa shape index (κ1) is 22.2. The average Bonchev–Trinajstić information content (AvgIpc) is 2.59. The van der Waals surface area contributed by atoms with Crippen molar-refractivity contribution in [3.05, 3.63) is 47.5 Å². The van der Waals surface area contributed by atoms with E-state index in [2.05, 4.69) is 0 Å². The van der Waals surface area contributed by atoms with E-state index >= 15 is 0 Å². The number of hydrogen-bond acceptors (Lipinski definition) is 10. The van der Waals surface area contributed by atoms with E-state index in [1.807, 2.05) is 5.32 Å². The molecule has 0 heterocycles. The number of nitrogens with zero attached hydrogens (tertiary/aromatic N) is 1. The van der Waals surface area contributed by atoms with Crippen LogP contribution in [0.3, 0.4) is 0 Å². The molecule has 156 valence electrons. The van der Waals surface area contributed by atoms with Crippen molar-refractivity contribution in [2.24, 2.45) is 0 Å². The minimum absolute atomic E-state index is 0.437. The van der Waals surface area contributed by atoms with Crippen molar-refractivity contribution >= 4 is 43.5 Å². The van der Waals surface area contributed by atoms with Crippen molar-refractivity contribution in [3.63, 3.8) is 0 Å².